The fourth-order valence-corrected chi connectivity index (χ4v) is 3.55. The monoisotopic (exact) mass is 254 g/mol. The van der Waals surface area contributed by atoms with Gasteiger partial charge in [0.2, 0.25) is 0 Å². The summed E-state index contributed by atoms with van der Waals surface area (Å²) in [6, 6.07) is 5.45. The van der Waals surface area contributed by atoms with Gasteiger partial charge in [-0.1, -0.05) is 12.1 Å². The van der Waals surface area contributed by atoms with Crippen LogP contribution in [0.15, 0.2) is 18.2 Å². The highest BCUT2D eigenvalue weighted by Gasteiger charge is 2.24. The number of rotatable bonds is 3. The Labute approximate surface area is 106 Å². The first-order chi connectivity index (χ1) is 8.11. The van der Waals surface area contributed by atoms with E-state index in [2.05, 4.69) is 4.90 Å². The van der Waals surface area contributed by atoms with Gasteiger partial charge in [0, 0.05) is 24.9 Å². The highest BCUT2D eigenvalue weighted by atomic mass is 32.2. The standard InChI is InChI=1S/C13H19FN2S/c1-9(15)11-4-3-5-12(14)13(11)16(2)10-6-7-17-8-10/h3-5,9-10H,6-8,15H2,1-2H3/t9-,10?/m1/s1. The molecule has 1 fully saturated rings. The number of nitrogens with two attached hydrogens (primary N) is 1. The quantitative estimate of drug-likeness (QED) is 0.899. The molecule has 1 heterocycles. The Bertz CT molecular complexity index is 389. The Kier molecular flexibility index (Phi) is 3.94. The molecule has 1 unspecified atom stereocenters. The van der Waals surface area contributed by atoms with Crippen molar-refractivity contribution in [3.05, 3.63) is 29.6 Å². The Hall–Kier alpha value is -0.740. The largest absolute Gasteiger partial charge is 0.368 e. The van der Waals surface area contributed by atoms with Gasteiger partial charge in [0.25, 0.3) is 0 Å². The minimum Gasteiger partial charge on any atom is -0.368 e. The van der Waals surface area contributed by atoms with E-state index in [0.29, 0.717) is 11.7 Å². The predicted molar refractivity (Wildman–Crippen MR) is 73.1 cm³/mol. The van der Waals surface area contributed by atoms with Crippen molar-refractivity contribution in [1.29, 1.82) is 0 Å². The van der Waals surface area contributed by atoms with Gasteiger partial charge in [-0.3, -0.25) is 0 Å². The molecule has 0 saturated carbocycles. The molecule has 17 heavy (non-hydrogen) atoms. The molecule has 1 aromatic carbocycles. The van der Waals surface area contributed by atoms with Crippen LogP contribution in [0.4, 0.5) is 10.1 Å². The van der Waals surface area contributed by atoms with E-state index in [0.717, 1.165) is 23.5 Å². The molecule has 2 atom stereocenters. The summed E-state index contributed by atoms with van der Waals surface area (Å²) in [5.74, 6) is 2.07. The van der Waals surface area contributed by atoms with Crippen molar-refractivity contribution >= 4 is 17.4 Å². The van der Waals surface area contributed by atoms with Gasteiger partial charge in [-0.2, -0.15) is 11.8 Å². The molecule has 0 spiro atoms. The lowest BCUT2D eigenvalue weighted by atomic mass is 10.0. The normalized spacial score (nSPS) is 21.5. The average molecular weight is 254 g/mol. The molecule has 0 bridgehead atoms. The van der Waals surface area contributed by atoms with E-state index in [4.69, 9.17) is 5.73 Å². The van der Waals surface area contributed by atoms with E-state index < -0.39 is 0 Å². The number of hydrogen-bond acceptors (Lipinski definition) is 3. The minimum absolute atomic E-state index is 0.141. The first-order valence-corrected chi connectivity index (χ1v) is 7.11. The zero-order valence-electron chi connectivity index (χ0n) is 10.3. The average Bonchev–Trinajstić information content (AvgIpc) is 2.81. The van der Waals surface area contributed by atoms with Crippen LogP contribution in [0.2, 0.25) is 0 Å². The van der Waals surface area contributed by atoms with Crippen LogP contribution in [0.1, 0.15) is 24.9 Å². The van der Waals surface area contributed by atoms with Gasteiger partial charge in [0.1, 0.15) is 5.82 Å². The maximum absolute atomic E-state index is 14.0. The maximum Gasteiger partial charge on any atom is 0.146 e. The molecule has 0 amide bonds. The predicted octanol–water partition coefficient (Wildman–Crippen LogP) is 2.79. The summed E-state index contributed by atoms with van der Waals surface area (Å²) in [4.78, 5) is 2.06. The lowest BCUT2D eigenvalue weighted by Crippen LogP contribution is -2.33. The summed E-state index contributed by atoms with van der Waals surface area (Å²) in [7, 11) is 1.97. The second-order valence-corrected chi connectivity index (χ2v) is 5.74. The van der Waals surface area contributed by atoms with Crippen LogP contribution in [0.3, 0.4) is 0 Å². The van der Waals surface area contributed by atoms with Crippen molar-refractivity contribution in [3.63, 3.8) is 0 Å². The topological polar surface area (TPSA) is 29.3 Å². The molecule has 94 valence electrons. The fourth-order valence-electron chi connectivity index (χ4n) is 2.28. The van der Waals surface area contributed by atoms with Crippen LogP contribution in [0.5, 0.6) is 0 Å². The molecule has 0 radical (unpaired) electrons. The zero-order valence-corrected chi connectivity index (χ0v) is 11.1. The number of thioether (sulfide) groups is 1. The minimum atomic E-state index is -0.167. The molecular formula is C13H19FN2S. The third-order valence-corrected chi connectivity index (χ3v) is 4.46. The van der Waals surface area contributed by atoms with E-state index in [9.17, 15) is 4.39 Å². The molecule has 0 aliphatic carbocycles. The summed E-state index contributed by atoms with van der Waals surface area (Å²) in [6.45, 7) is 1.90. The lowest BCUT2D eigenvalue weighted by Gasteiger charge is -2.29. The highest BCUT2D eigenvalue weighted by Crippen LogP contribution is 2.32. The molecule has 1 saturated heterocycles. The van der Waals surface area contributed by atoms with Gasteiger partial charge < -0.3 is 10.6 Å². The van der Waals surface area contributed by atoms with Crippen LogP contribution >= 0.6 is 11.8 Å². The van der Waals surface area contributed by atoms with Gasteiger partial charge in [-0.25, -0.2) is 4.39 Å². The number of anilines is 1. The van der Waals surface area contributed by atoms with Crippen molar-refractivity contribution in [2.45, 2.75) is 25.4 Å². The van der Waals surface area contributed by atoms with Crippen LogP contribution in [-0.2, 0) is 0 Å². The van der Waals surface area contributed by atoms with Crippen molar-refractivity contribution in [2.24, 2.45) is 5.73 Å². The molecule has 2 rings (SSSR count). The van der Waals surface area contributed by atoms with Gasteiger partial charge >= 0.3 is 0 Å². The van der Waals surface area contributed by atoms with Crippen molar-refractivity contribution in [3.8, 4) is 0 Å². The number of nitrogens with zero attached hydrogens (tertiary/aromatic N) is 1. The Balaban J connectivity index is 2.35. The van der Waals surface area contributed by atoms with E-state index in [1.165, 1.54) is 6.07 Å². The summed E-state index contributed by atoms with van der Waals surface area (Å²) < 4.78 is 14.0. The molecule has 4 heteroatoms. The number of para-hydroxylation sites is 1. The third kappa shape index (κ3) is 2.58. The van der Waals surface area contributed by atoms with E-state index >= 15 is 0 Å². The van der Waals surface area contributed by atoms with Gasteiger partial charge in [-0.05, 0) is 30.7 Å². The molecule has 0 aromatic heterocycles. The van der Waals surface area contributed by atoms with Crippen LogP contribution in [-0.4, -0.2) is 24.6 Å². The Morgan fingerprint density at radius 1 is 1.53 bits per heavy atom. The lowest BCUT2D eigenvalue weighted by molar-refractivity contribution is 0.600. The van der Waals surface area contributed by atoms with Crippen molar-refractivity contribution in [2.75, 3.05) is 23.5 Å². The van der Waals surface area contributed by atoms with Crippen LogP contribution in [0, 0.1) is 5.82 Å². The molecule has 2 nitrogen and oxygen atoms in total. The Morgan fingerprint density at radius 3 is 2.88 bits per heavy atom. The summed E-state index contributed by atoms with van der Waals surface area (Å²) >= 11 is 1.93. The Morgan fingerprint density at radius 2 is 2.29 bits per heavy atom. The summed E-state index contributed by atoms with van der Waals surface area (Å²) in [5, 5.41) is 0. The van der Waals surface area contributed by atoms with Crippen molar-refractivity contribution in [1.82, 2.24) is 0 Å². The molecular weight excluding hydrogens is 235 g/mol. The molecule has 1 aromatic rings. The van der Waals surface area contributed by atoms with Crippen LogP contribution in [0.25, 0.3) is 0 Å². The second-order valence-electron chi connectivity index (χ2n) is 4.59. The fraction of sp³-hybridized carbons (Fsp3) is 0.538. The smallest absolute Gasteiger partial charge is 0.146 e. The SMILES string of the molecule is C[C@@H](N)c1cccc(F)c1N(C)C1CCSC1. The van der Waals surface area contributed by atoms with E-state index in [1.54, 1.807) is 6.07 Å². The number of halogens is 1. The maximum atomic E-state index is 14.0. The van der Waals surface area contributed by atoms with E-state index in [-0.39, 0.29) is 11.9 Å². The summed E-state index contributed by atoms with van der Waals surface area (Å²) in [5.41, 5.74) is 7.49. The zero-order chi connectivity index (χ0) is 12.4. The first kappa shape index (κ1) is 12.7. The highest BCUT2D eigenvalue weighted by molar-refractivity contribution is 7.99. The molecule has 2 N–H and O–H groups in total. The van der Waals surface area contributed by atoms with Gasteiger partial charge in [-0.15, -0.1) is 0 Å². The summed E-state index contributed by atoms with van der Waals surface area (Å²) in [6.07, 6.45) is 1.12. The third-order valence-electron chi connectivity index (χ3n) is 3.31. The van der Waals surface area contributed by atoms with Gasteiger partial charge in [0.15, 0.2) is 0 Å². The van der Waals surface area contributed by atoms with Gasteiger partial charge in [0.05, 0.1) is 5.69 Å². The second kappa shape index (κ2) is 5.27. The van der Waals surface area contributed by atoms with E-state index in [1.807, 2.05) is 31.8 Å². The number of benzene rings is 1. The first-order valence-electron chi connectivity index (χ1n) is 5.96. The van der Waals surface area contributed by atoms with Crippen LogP contribution < -0.4 is 10.6 Å². The van der Waals surface area contributed by atoms with Crippen molar-refractivity contribution < 1.29 is 4.39 Å². The number of hydrogen-bond donors (Lipinski definition) is 1. The molecule has 1 aliphatic rings. The molecule has 1 aliphatic heterocycles.